The number of aryl methyl sites for hydroxylation is 1. The molecule has 2 aromatic heterocycles. The van der Waals surface area contributed by atoms with Crippen LogP contribution in [0.25, 0.3) is 11.5 Å². The van der Waals surface area contributed by atoms with E-state index in [4.69, 9.17) is 0 Å². The van der Waals surface area contributed by atoms with Crippen molar-refractivity contribution in [2.45, 2.75) is 45.3 Å². The molecule has 0 saturated heterocycles. The molecule has 1 aliphatic carbocycles. The second kappa shape index (κ2) is 8.10. The van der Waals surface area contributed by atoms with E-state index in [2.05, 4.69) is 25.8 Å². The van der Waals surface area contributed by atoms with Gasteiger partial charge in [0.1, 0.15) is 23.7 Å². The van der Waals surface area contributed by atoms with E-state index < -0.39 is 23.3 Å². The summed E-state index contributed by atoms with van der Waals surface area (Å²) in [6.45, 7) is 5.51. The van der Waals surface area contributed by atoms with Gasteiger partial charge in [-0.3, -0.25) is 9.59 Å². The molecule has 0 spiro atoms. The molecule has 2 N–H and O–H groups in total. The highest BCUT2D eigenvalue weighted by Crippen LogP contribution is 2.41. The minimum absolute atomic E-state index is 0.106. The van der Waals surface area contributed by atoms with E-state index in [1.807, 2.05) is 18.4 Å². The van der Waals surface area contributed by atoms with Gasteiger partial charge in [0, 0.05) is 11.7 Å². The third-order valence-electron chi connectivity index (χ3n) is 5.25. The molecule has 32 heavy (non-hydrogen) atoms. The summed E-state index contributed by atoms with van der Waals surface area (Å²) >= 11 is 0. The van der Waals surface area contributed by atoms with Gasteiger partial charge in [-0.25, -0.2) is 13.8 Å². The first kappa shape index (κ1) is 21.5. The number of anilines is 2. The minimum Gasteiger partial charge on any atom is -0.323 e. The summed E-state index contributed by atoms with van der Waals surface area (Å²) in [5.74, 6) is -1.59. The quantitative estimate of drug-likeness (QED) is 0.602. The zero-order chi connectivity index (χ0) is 23.0. The molecule has 2 amide bonds. The number of halogens is 2. The lowest BCUT2D eigenvalue weighted by Crippen LogP contribution is -2.26. The fraction of sp³-hybridized carbons (Fsp3) is 0.318. The van der Waals surface area contributed by atoms with Crippen molar-refractivity contribution in [2.75, 3.05) is 10.6 Å². The zero-order valence-electron chi connectivity index (χ0n) is 17.8. The Bertz CT molecular complexity index is 1200. The van der Waals surface area contributed by atoms with Crippen LogP contribution in [-0.4, -0.2) is 37.2 Å². The lowest BCUT2D eigenvalue weighted by Gasteiger charge is -2.13. The molecule has 1 aliphatic rings. The molecule has 0 radical (unpaired) electrons. The molecule has 0 bridgehead atoms. The molecular weight excluding hydrogens is 418 g/mol. The fourth-order valence-electron chi connectivity index (χ4n) is 3.17. The van der Waals surface area contributed by atoms with Crippen molar-refractivity contribution in [1.29, 1.82) is 0 Å². The Morgan fingerprint density at radius 1 is 1.19 bits per heavy atom. The topological polar surface area (TPSA) is 102 Å². The average Bonchev–Trinajstić information content (AvgIpc) is 3.30. The number of carbonyl (C=O) groups is 2. The first-order valence-electron chi connectivity index (χ1n) is 10.2. The predicted octanol–water partition coefficient (Wildman–Crippen LogP) is 4.06. The summed E-state index contributed by atoms with van der Waals surface area (Å²) in [4.78, 5) is 29.2. The van der Waals surface area contributed by atoms with Gasteiger partial charge in [0.05, 0.1) is 5.56 Å². The van der Waals surface area contributed by atoms with Gasteiger partial charge >= 0.3 is 0 Å². The van der Waals surface area contributed by atoms with Crippen LogP contribution >= 0.6 is 0 Å². The Hall–Kier alpha value is -3.69. The molecule has 166 valence electrons. The maximum absolute atomic E-state index is 14.5. The molecule has 0 unspecified atom stereocenters. The number of benzene rings is 1. The van der Waals surface area contributed by atoms with Gasteiger partial charge in [-0.1, -0.05) is 6.07 Å². The standard InChI is InChI=1S/C22H22F2N6O2/c1-12(2)30-11-25-29-19(30)16-5-4-6-18(26-16)28-20(31)14-10-17(13(3)9-15(14)23)27-21(32)22(24)7-8-22/h4-6,9-12H,7-8H2,1-3H3,(H,27,32)(H,26,28,31). The highest BCUT2D eigenvalue weighted by molar-refractivity contribution is 6.06. The smallest absolute Gasteiger partial charge is 0.262 e. The summed E-state index contributed by atoms with van der Waals surface area (Å²) < 4.78 is 30.3. The number of nitrogens with zero attached hydrogens (tertiary/aromatic N) is 4. The maximum atomic E-state index is 14.5. The van der Waals surface area contributed by atoms with Gasteiger partial charge in [-0.2, -0.15) is 0 Å². The van der Waals surface area contributed by atoms with Crippen molar-refractivity contribution >= 4 is 23.3 Å². The average molecular weight is 440 g/mol. The number of pyridine rings is 1. The van der Waals surface area contributed by atoms with E-state index >= 15 is 0 Å². The van der Waals surface area contributed by atoms with Crippen molar-refractivity contribution < 1.29 is 18.4 Å². The largest absolute Gasteiger partial charge is 0.323 e. The second-order valence-corrected chi connectivity index (χ2v) is 8.08. The van der Waals surface area contributed by atoms with Crippen LogP contribution in [0.15, 0.2) is 36.7 Å². The summed E-state index contributed by atoms with van der Waals surface area (Å²) in [7, 11) is 0. The van der Waals surface area contributed by atoms with Crippen LogP contribution in [-0.2, 0) is 4.79 Å². The Kier molecular flexibility index (Phi) is 5.45. The number of alkyl halides is 1. The zero-order valence-corrected chi connectivity index (χ0v) is 17.8. The fourth-order valence-corrected chi connectivity index (χ4v) is 3.17. The van der Waals surface area contributed by atoms with Gasteiger partial charge < -0.3 is 15.2 Å². The molecular formula is C22H22F2N6O2. The van der Waals surface area contributed by atoms with Crippen LogP contribution in [0.1, 0.15) is 48.7 Å². The van der Waals surface area contributed by atoms with E-state index in [9.17, 15) is 18.4 Å². The monoisotopic (exact) mass is 440 g/mol. The van der Waals surface area contributed by atoms with Crippen molar-refractivity contribution in [1.82, 2.24) is 19.7 Å². The Balaban J connectivity index is 1.57. The molecule has 3 aromatic rings. The molecule has 1 fully saturated rings. The number of amides is 2. The molecule has 1 saturated carbocycles. The predicted molar refractivity (Wildman–Crippen MR) is 114 cm³/mol. The van der Waals surface area contributed by atoms with E-state index in [1.54, 1.807) is 31.5 Å². The highest BCUT2D eigenvalue weighted by Gasteiger charge is 2.51. The van der Waals surface area contributed by atoms with Crippen LogP contribution in [0.4, 0.5) is 20.3 Å². The third-order valence-corrected chi connectivity index (χ3v) is 5.25. The SMILES string of the molecule is Cc1cc(F)c(C(=O)Nc2cccc(-c3nncn3C(C)C)n2)cc1NC(=O)C1(F)CC1. The first-order chi connectivity index (χ1) is 15.2. The maximum Gasteiger partial charge on any atom is 0.262 e. The van der Waals surface area contributed by atoms with Crippen molar-refractivity contribution in [2.24, 2.45) is 0 Å². The normalized spacial score (nSPS) is 14.3. The van der Waals surface area contributed by atoms with Crippen LogP contribution in [0.5, 0.6) is 0 Å². The number of carbonyl (C=O) groups excluding carboxylic acids is 2. The third kappa shape index (κ3) is 4.20. The number of rotatable bonds is 6. The van der Waals surface area contributed by atoms with Gasteiger partial charge in [-0.15, -0.1) is 10.2 Å². The summed E-state index contributed by atoms with van der Waals surface area (Å²) in [5, 5.41) is 13.0. The van der Waals surface area contributed by atoms with Gasteiger partial charge in [0.2, 0.25) is 0 Å². The molecule has 0 atom stereocenters. The Morgan fingerprint density at radius 2 is 1.94 bits per heavy atom. The van der Waals surface area contributed by atoms with Crippen molar-refractivity contribution in [3.63, 3.8) is 0 Å². The van der Waals surface area contributed by atoms with E-state index in [0.29, 0.717) is 17.1 Å². The lowest BCUT2D eigenvalue weighted by atomic mass is 10.1. The van der Waals surface area contributed by atoms with Crippen LogP contribution in [0.2, 0.25) is 0 Å². The van der Waals surface area contributed by atoms with Gasteiger partial charge in [-0.05, 0) is 63.4 Å². The molecule has 8 nitrogen and oxygen atoms in total. The molecule has 1 aromatic carbocycles. The number of aromatic nitrogens is 4. The summed E-state index contributed by atoms with van der Waals surface area (Å²) in [6.07, 6.45) is 1.89. The second-order valence-electron chi connectivity index (χ2n) is 8.08. The molecule has 10 heteroatoms. The van der Waals surface area contributed by atoms with E-state index in [1.165, 1.54) is 6.07 Å². The van der Waals surface area contributed by atoms with E-state index in [0.717, 1.165) is 6.07 Å². The van der Waals surface area contributed by atoms with Gasteiger partial charge in [0.25, 0.3) is 11.8 Å². The first-order valence-corrected chi connectivity index (χ1v) is 10.2. The number of nitrogens with one attached hydrogen (secondary N) is 2. The number of hydrogen-bond acceptors (Lipinski definition) is 5. The Labute approximate surface area is 183 Å². The highest BCUT2D eigenvalue weighted by atomic mass is 19.1. The Morgan fingerprint density at radius 3 is 2.62 bits per heavy atom. The molecule has 2 heterocycles. The van der Waals surface area contributed by atoms with Crippen molar-refractivity contribution in [3.8, 4) is 11.5 Å². The number of hydrogen-bond donors (Lipinski definition) is 2. The van der Waals surface area contributed by atoms with Crippen LogP contribution < -0.4 is 10.6 Å². The summed E-state index contributed by atoms with van der Waals surface area (Å²) in [5.41, 5.74) is -1.14. The van der Waals surface area contributed by atoms with Crippen LogP contribution in [0.3, 0.4) is 0 Å². The minimum atomic E-state index is -1.88. The lowest BCUT2D eigenvalue weighted by molar-refractivity contribution is -0.122. The summed E-state index contributed by atoms with van der Waals surface area (Å²) in [6, 6.07) is 7.40. The molecule has 4 rings (SSSR count). The van der Waals surface area contributed by atoms with Crippen LogP contribution in [0, 0.1) is 12.7 Å². The van der Waals surface area contributed by atoms with Gasteiger partial charge in [0.15, 0.2) is 11.5 Å². The van der Waals surface area contributed by atoms with E-state index in [-0.39, 0.29) is 36.0 Å². The molecule has 0 aliphatic heterocycles. The van der Waals surface area contributed by atoms with Crippen molar-refractivity contribution in [3.05, 3.63) is 53.6 Å².